The molecule has 2 nitrogen and oxygen atoms in total. The normalized spacial score (nSPS) is 25.2. The molecule has 0 amide bonds. The van der Waals surface area contributed by atoms with Gasteiger partial charge in [0, 0.05) is 12.5 Å². The van der Waals surface area contributed by atoms with E-state index in [-0.39, 0.29) is 11.7 Å². The van der Waals surface area contributed by atoms with Crippen LogP contribution in [0.3, 0.4) is 0 Å². The van der Waals surface area contributed by atoms with E-state index in [0.29, 0.717) is 0 Å². The lowest BCUT2D eigenvalue weighted by atomic mass is 10.00. The molecule has 1 rings (SSSR count). The predicted molar refractivity (Wildman–Crippen MR) is 35.9 cm³/mol. The van der Waals surface area contributed by atoms with E-state index in [1.165, 1.54) is 0 Å². The van der Waals surface area contributed by atoms with Gasteiger partial charge in [-0.25, -0.2) is 0 Å². The van der Waals surface area contributed by atoms with Crippen LogP contribution in [0, 0.1) is 5.92 Å². The summed E-state index contributed by atoms with van der Waals surface area (Å²) in [6.45, 7) is 2.46. The van der Waals surface area contributed by atoms with Gasteiger partial charge in [0.05, 0.1) is 0 Å². The monoisotopic (exact) mass is 125 g/mol. The summed E-state index contributed by atoms with van der Waals surface area (Å²) in [4.78, 5) is 10.7. The van der Waals surface area contributed by atoms with Crippen LogP contribution in [-0.2, 0) is 4.79 Å². The highest BCUT2D eigenvalue weighted by Gasteiger charge is 2.12. The van der Waals surface area contributed by atoms with E-state index >= 15 is 0 Å². The SMILES string of the molecule is CC(=O)C1CC=CNC1. The molecule has 0 aromatic rings. The molecule has 1 atom stereocenters. The molecule has 0 saturated heterocycles. The summed E-state index contributed by atoms with van der Waals surface area (Å²) in [5.74, 6) is 0.502. The van der Waals surface area contributed by atoms with Crippen LogP contribution in [0.4, 0.5) is 0 Å². The van der Waals surface area contributed by atoms with Crippen molar-refractivity contribution in [3.05, 3.63) is 12.3 Å². The molecule has 1 aliphatic heterocycles. The van der Waals surface area contributed by atoms with Crippen molar-refractivity contribution in [2.75, 3.05) is 6.54 Å². The Morgan fingerprint density at radius 1 is 1.78 bits per heavy atom. The van der Waals surface area contributed by atoms with Crippen molar-refractivity contribution in [2.45, 2.75) is 13.3 Å². The van der Waals surface area contributed by atoms with E-state index < -0.39 is 0 Å². The molecule has 0 spiro atoms. The van der Waals surface area contributed by atoms with Crippen LogP contribution in [0.25, 0.3) is 0 Å². The average molecular weight is 125 g/mol. The fourth-order valence-electron chi connectivity index (χ4n) is 0.919. The lowest BCUT2D eigenvalue weighted by Gasteiger charge is -2.14. The van der Waals surface area contributed by atoms with Gasteiger partial charge in [0.1, 0.15) is 5.78 Å². The fraction of sp³-hybridized carbons (Fsp3) is 0.571. The maximum absolute atomic E-state index is 10.7. The summed E-state index contributed by atoms with van der Waals surface area (Å²) in [7, 11) is 0. The van der Waals surface area contributed by atoms with Gasteiger partial charge in [-0.15, -0.1) is 0 Å². The Kier molecular flexibility index (Phi) is 1.88. The van der Waals surface area contributed by atoms with Crippen LogP contribution in [0.15, 0.2) is 12.3 Å². The summed E-state index contributed by atoms with van der Waals surface area (Å²) >= 11 is 0. The van der Waals surface area contributed by atoms with Gasteiger partial charge in [0.15, 0.2) is 0 Å². The highest BCUT2D eigenvalue weighted by molar-refractivity contribution is 5.78. The number of ketones is 1. The number of Topliss-reactive ketones (excluding diaryl/α,β-unsaturated/α-hetero) is 1. The Hall–Kier alpha value is -0.790. The third kappa shape index (κ3) is 1.56. The number of hydrogen-bond donors (Lipinski definition) is 1. The maximum atomic E-state index is 10.7. The lowest BCUT2D eigenvalue weighted by Crippen LogP contribution is -2.26. The van der Waals surface area contributed by atoms with Crippen molar-refractivity contribution in [3.63, 3.8) is 0 Å². The van der Waals surface area contributed by atoms with Crippen molar-refractivity contribution >= 4 is 5.78 Å². The van der Waals surface area contributed by atoms with Crippen LogP contribution in [-0.4, -0.2) is 12.3 Å². The molecule has 0 aromatic heterocycles. The number of carbonyl (C=O) groups excluding carboxylic acids is 1. The zero-order chi connectivity index (χ0) is 6.69. The third-order valence-corrected chi connectivity index (χ3v) is 1.60. The number of carbonyl (C=O) groups is 1. The minimum atomic E-state index is 0.218. The first-order valence-electron chi connectivity index (χ1n) is 3.19. The smallest absolute Gasteiger partial charge is 0.134 e. The Morgan fingerprint density at radius 3 is 2.89 bits per heavy atom. The first-order valence-corrected chi connectivity index (χ1v) is 3.19. The van der Waals surface area contributed by atoms with Gasteiger partial charge >= 0.3 is 0 Å². The van der Waals surface area contributed by atoms with Crippen LogP contribution < -0.4 is 5.32 Å². The number of allylic oxidation sites excluding steroid dienone is 1. The fourth-order valence-corrected chi connectivity index (χ4v) is 0.919. The average Bonchev–Trinajstić information content (AvgIpc) is 1.90. The molecular formula is C7H11NO. The summed E-state index contributed by atoms with van der Waals surface area (Å²) in [6.07, 6.45) is 4.80. The summed E-state index contributed by atoms with van der Waals surface area (Å²) in [6, 6.07) is 0. The predicted octanol–water partition coefficient (Wildman–Crippen LogP) is 0.699. The first kappa shape index (κ1) is 6.33. The van der Waals surface area contributed by atoms with Crippen LogP contribution in [0.2, 0.25) is 0 Å². The van der Waals surface area contributed by atoms with Gasteiger partial charge in [-0.05, 0) is 19.5 Å². The van der Waals surface area contributed by atoms with Crippen molar-refractivity contribution in [2.24, 2.45) is 5.92 Å². The van der Waals surface area contributed by atoms with Gasteiger partial charge < -0.3 is 5.32 Å². The summed E-state index contributed by atoms with van der Waals surface area (Å²) in [5.41, 5.74) is 0. The molecule has 0 aliphatic carbocycles. The van der Waals surface area contributed by atoms with E-state index in [4.69, 9.17) is 0 Å². The van der Waals surface area contributed by atoms with E-state index in [9.17, 15) is 4.79 Å². The Bertz CT molecular complexity index is 140. The summed E-state index contributed by atoms with van der Waals surface area (Å²) in [5, 5.41) is 3.01. The van der Waals surface area contributed by atoms with Gasteiger partial charge in [-0.3, -0.25) is 4.79 Å². The van der Waals surface area contributed by atoms with Gasteiger partial charge in [-0.2, -0.15) is 0 Å². The standard InChI is InChI=1S/C7H11NO/c1-6(9)7-3-2-4-8-5-7/h2,4,7-8H,3,5H2,1H3. The van der Waals surface area contributed by atoms with Crippen molar-refractivity contribution in [3.8, 4) is 0 Å². The second kappa shape index (κ2) is 2.67. The topological polar surface area (TPSA) is 29.1 Å². The van der Waals surface area contributed by atoms with Gasteiger partial charge in [0.2, 0.25) is 0 Å². The Labute approximate surface area is 54.9 Å². The van der Waals surface area contributed by atoms with E-state index in [2.05, 4.69) is 5.32 Å². The Balaban J connectivity index is 2.44. The zero-order valence-corrected chi connectivity index (χ0v) is 5.55. The third-order valence-electron chi connectivity index (χ3n) is 1.60. The molecule has 1 N–H and O–H groups in total. The highest BCUT2D eigenvalue weighted by atomic mass is 16.1. The van der Waals surface area contributed by atoms with E-state index in [1.54, 1.807) is 6.92 Å². The summed E-state index contributed by atoms with van der Waals surface area (Å²) < 4.78 is 0. The zero-order valence-electron chi connectivity index (χ0n) is 5.55. The molecule has 0 aromatic carbocycles. The van der Waals surface area contributed by atoms with Gasteiger partial charge in [-0.1, -0.05) is 6.08 Å². The number of hydrogen-bond acceptors (Lipinski definition) is 2. The molecule has 50 valence electrons. The molecule has 9 heavy (non-hydrogen) atoms. The number of rotatable bonds is 1. The van der Waals surface area contributed by atoms with E-state index in [0.717, 1.165) is 13.0 Å². The minimum Gasteiger partial charge on any atom is -0.390 e. The van der Waals surface area contributed by atoms with Crippen molar-refractivity contribution in [1.82, 2.24) is 5.32 Å². The van der Waals surface area contributed by atoms with Crippen LogP contribution >= 0.6 is 0 Å². The molecule has 0 bridgehead atoms. The highest BCUT2D eigenvalue weighted by Crippen LogP contribution is 2.06. The van der Waals surface area contributed by atoms with Crippen LogP contribution in [0.5, 0.6) is 0 Å². The second-order valence-corrected chi connectivity index (χ2v) is 2.35. The Morgan fingerprint density at radius 2 is 2.56 bits per heavy atom. The van der Waals surface area contributed by atoms with Gasteiger partial charge in [0.25, 0.3) is 0 Å². The first-order chi connectivity index (χ1) is 4.30. The quantitative estimate of drug-likeness (QED) is 0.559. The number of nitrogens with one attached hydrogen (secondary N) is 1. The van der Waals surface area contributed by atoms with Crippen molar-refractivity contribution in [1.29, 1.82) is 0 Å². The molecule has 0 radical (unpaired) electrons. The second-order valence-electron chi connectivity index (χ2n) is 2.35. The molecule has 2 heteroatoms. The molecule has 0 fully saturated rings. The van der Waals surface area contributed by atoms with Crippen LogP contribution in [0.1, 0.15) is 13.3 Å². The molecule has 1 aliphatic rings. The largest absolute Gasteiger partial charge is 0.390 e. The minimum absolute atomic E-state index is 0.218. The molecular weight excluding hydrogens is 114 g/mol. The maximum Gasteiger partial charge on any atom is 0.134 e. The lowest BCUT2D eigenvalue weighted by molar-refractivity contribution is -0.120. The molecule has 1 heterocycles. The van der Waals surface area contributed by atoms with E-state index in [1.807, 2.05) is 12.3 Å². The molecule has 1 unspecified atom stereocenters. The molecule has 0 saturated carbocycles. The van der Waals surface area contributed by atoms with Crippen molar-refractivity contribution < 1.29 is 4.79 Å².